The number of unbranched alkanes of at least 4 members (excludes halogenated alkanes) is 1. The number of aliphatic hydroxyl groups is 1. The molecule has 0 bridgehead atoms. The highest BCUT2D eigenvalue weighted by Gasteiger charge is 2.39. The van der Waals surface area contributed by atoms with Crippen molar-refractivity contribution in [3.8, 4) is 11.8 Å². The van der Waals surface area contributed by atoms with E-state index < -0.39 is 11.7 Å². The lowest BCUT2D eigenvalue weighted by Gasteiger charge is -2.43. The molecule has 1 aliphatic rings. The van der Waals surface area contributed by atoms with Crippen molar-refractivity contribution in [2.75, 3.05) is 13.7 Å². The second kappa shape index (κ2) is 9.09. The van der Waals surface area contributed by atoms with Gasteiger partial charge < -0.3 is 19.5 Å². The fourth-order valence-corrected chi connectivity index (χ4v) is 3.47. The maximum atomic E-state index is 12.8. The maximum absolute atomic E-state index is 12.8. The van der Waals surface area contributed by atoms with Crippen molar-refractivity contribution >= 4 is 6.09 Å². The number of hydrogen-bond acceptors (Lipinski definition) is 5. The third-order valence-corrected chi connectivity index (χ3v) is 4.81. The van der Waals surface area contributed by atoms with E-state index in [1.165, 1.54) is 0 Å². The molecule has 2 rings (SSSR count). The molecule has 1 heterocycles. The summed E-state index contributed by atoms with van der Waals surface area (Å²) in [5.74, 6) is 0.568. The Bertz CT molecular complexity index is 660. The Morgan fingerprint density at radius 2 is 2.00 bits per heavy atom. The predicted molar refractivity (Wildman–Crippen MR) is 103 cm³/mol. The van der Waals surface area contributed by atoms with Crippen LogP contribution in [0.5, 0.6) is 5.75 Å². The van der Waals surface area contributed by atoms with Crippen LogP contribution < -0.4 is 4.74 Å². The van der Waals surface area contributed by atoms with Crippen LogP contribution in [0.3, 0.4) is 0 Å². The van der Waals surface area contributed by atoms with Crippen LogP contribution in [-0.2, 0) is 4.74 Å². The largest absolute Gasteiger partial charge is 0.497 e. The van der Waals surface area contributed by atoms with Crippen LogP contribution in [0.4, 0.5) is 4.79 Å². The van der Waals surface area contributed by atoms with Gasteiger partial charge in [0.05, 0.1) is 19.3 Å². The first-order valence-electron chi connectivity index (χ1n) is 9.43. The lowest BCUT2D eigenvalue weighted by Crippen LogP contribution is -2.52. The monoisotopic (exact) mass is 374 g/mol. The molecular formula is C21H30N2O4. The molecule has 0 radical (unpaired) electrons. The summed E-state index contributed by atoms with van der Waals surface area (Å²) in [4.78, 5) is 14.5. The first kappa shape index (κ1) is 21.0. The quantitative estimate of drug-likeness (QED) is 0.792. The third kappa shape index (κ3) is 5.86. The van der Waals surface area contributed by atoms with E-state index >= 15 is 0 Å². The van der Waals surface area contributed by atoms with E-state index in [-0.39, 0.29) is 18.1 Å². The summed E-state index contributed by atoms with van der Waals surface area (Å²) >= 11 is 0. The molecule has 1 fully saturated rings. The molecule has 6 heteroatoms. The van der Waals surface area contributed by atoms with Crippen LogP contribution in [-0.4, -0.2) is 47.5 Å². The van der Waals surface area contributed by atoms with E-state index in [1.54, 1.807) is 12.0 Å². The van der Waals surface area contributed by atoms with Crippen LogP contribution >= 0.6 is 0 Å². The van der Waals surface area contributed by atoms with Gasteiger partial charge in [-0.25, -0.2) is 4.79 Å². The number of methoxy groups -OCH3 is 1. The lowest BCUT2D eigenvalue weighted by molar-refractivity contribution is -0.0173. The average molecular weight is 374 g/mol. The smallest absolute Gasteiger partial charge is 0.410 e. The third-order valence-electron chi connectivity index (χ3n) is 4.81. The number of carbonyl (C=O) groups excluding carboxylic acids is 1. The number of nitriles is 1. The van der Waals surface area contributed by atoms with Crippen LogP contribution in [0.15, 0.2) is 24.3 Å². The molecule has 0 aliphatic carbocycles. The van der Waals surface area contributed by atoms with Gasteiger partial charge in [-0.3, -0.25) is 0 Å². The zero-order valence-electron chi connectivity index (χ0n) is 16.6. The van der Waals surface area contributed by atoms with E-state index in [2.05, 4.69) is 6.07 Å². The number of likely N-dealkylation sites (tertiary alicyclic amines) is 1. The van der Waals surface area contributed by atoms with Crippen molar-refractivity contribution in [3.63, 3.8) is 0 Å². The zero-order chi connectivity index (χ0) is 20.0. The predicted octanol–water partition coefficient (Wildman–Crippen LogP) is 3.84. The Balaban J connectivity index is 2.20. The van der Waals surface area contributed by atoms with Crippen LogP contribution in [0.2, 0.25) is 0 Å². The van der Waals surface area contributed by atoms with Gasteiger partial charge in [0.2, 0.25) is 0 Å². The van der Waals surface area contributed by atoms with Gasteiger partial charge in [0.1, 0.15) is 11.4 Å². The molecule has 0 spiro atoms. The van der Waals surface area contributed by atoms with Crippen molar-refractivity contribution in [3.05, 3.63) is 29.8 Å². The highest BCUT2D eigenvalue weighted by molar-refractivity contribution is 5.69. The minimum Gasteiger partial charge on any atom is -0.497 e. The molecular weight excluding hydrogens is 344 g/mol. The van der Waals surface area contributed by atoms with Gasteiger partial charge in [-0.05, 0) is 57.7 Å². The highest BCUT2D eigenvalue weighted by Crippen LogP contribution is 2.34. The van der Waals surface area contributed by atoms with Gasteiger partial charge in [-0.1, -0.05) is 12.1 Å². The van der Waals surface area contributed by atoms with Crippen molar-refractivity contribution in [1.29, 1.82) is 5.26 Å². The van der Waals surface area contributed by atoms with E-state index in [4.69, 9.17) is 14.7 Å². The molecule has 1 aromatic rings. The summed E-state index contributed by atoms with van der Waals surface area (Å²) in [5.41, 5.74) is 0.382. The van der Waals surface area contributed by atoms with Crippen LogP contribution in [0, 0.1) is 11.3 Å². The number of aliphatic hydroxyl groups excluding tert-OH is 1. The first-order chi connectivity index (χ1) is 12.7. The SMILES string of the molecule is COc1ccc([C@@H]2CN(C(=O)OC(C)(C)C)[C@@H](CCCC#N)C[C@@H]2O)cc1. The molecule has 0 aromatic heterocycles. The van der Waals surface area contributed by atoms with E-state index in [0.29, 0.717) is 32.2 Å². The minimum absolute atomic E-state index is 0.127. The first-order valence-corrected chi connectivity index (χ1v) is 9.43. The number of rotatable bonds is 5. The molecule has 27 heavy (non-hydrogen) atoms. The molecule has 1 N–H and O–H groups in total. The normalized spacial score (nSPS) is 22.8. The number of hydrogen-bond donors (Lipinski definition) is 1. The second-order valence-corrected chi connectivity index (χ2v) is 8.02. The van der Waals surface area contributed by atoms with Gasteiger partial charge >= 0.3 is 6.09 Å². The molecule has 1 aliphatic heterocycles. The molecule has 0 saturated carbocycles. The summed E-state index contributed by atoms with van der Waals surface area (Å²) in [6, 6.07) is 9.58. The zero-order valence-corrected chi connectivity index (χ0v) is 16.6. The molecule has 1 aromatic carbocycles. The van der Waals surface area contributed by atoms with Crippen molar-refractivity contribution in [1.82, 2.24) is 4.90 Å². The van der Waals surface area contributed by atoms with Gasteiger partial charge in [0.15, 0.2) is 0 Å². The molecule has 3 atom stereocenters. The maximum Gasteiger partial charge on any atom is 0.410 e. The molecule has 0 unspecified atom stereocenters. The number of nitrogens with zero attached hydrogens (tertiary/aromatic N) is 2. The Labute approximate surface area is 161 Å². The number of benzene rings is 1. The minimum atomic E-state index is -0.583. The van der Waals surface area contributed by atoms with E-state index in [0.717, 1.165) is 11.3 Å². The highest BCUT2D eigenvalue weighted by atomic mass is 16.6. The standard InChI is InChI=1S/C21H30N2O4/c1-21(2,3)27-20(25)23-14-18(15-8-10-17(26-4)11-9-15)19(24)13-16(23)7-5-6-12-22/h8-11,16,18-19,24H,5-7,13-14H2,1-4H3/t16-,18-,19-/m0/s1. The fourth-order valence-electron chi connectivity index (χ4n) is 3.47. The number of amides is 1. The molecule has 1 amide bonds. The summed E-state index contributed by atoms with van der Waals surface area (Å²) in [7, 11) is 1.61. The lowest BCUT2D eigenvalue weighted by atomic mass is 9.83. The van der Waals surface area contributed by atoms with Crippen LogP contribution in [0.1, 0.15) is 57.9 Å². The Morgan fingerprint density at radius 1 is 1.33 bits per heavy atom. The van der Waals surface area contributed by atoms with Crippen molar-refractivity contribution < 1.29 is 19.4 Å². The van der Waals surface area contributed by atoms with Crippen LogP contribution in [0.25, 0.3) is 0 Å². The van der Waals surface area contributed by atoms with Gasteiger partial charge in [0, 0.05) is 24.9 Å². The van der Waals surface area contributed by atoms with E-state index in [9.17, 15) is 9.90 Å². The average Bonchev–Trinajstić information content (AvgIpc) is 2.60. The van der Waals surface area contributed by atoms with Crippen molar-refractivity contribution in [2.45, 2.75) is 70.1 Å². The molecule has 148 valence electrons. The van der Waals surface area contributed by atoms with Gasteiger partial charge in [0.25, 0.3) is 0 Å². The second-order valence-electron chi connectivity index (χ2n) is 8.02. The van der Waals surface area contributed by atoms with Gasteiger partial charge in [-0.15, -0.1) is 0 Å². The molecule has 1 saturated heterocycles. The van der Waals surface area contributed by atoms with E-state index in [1.807, 2.05) is 45.0 Å². The number of carbonyl (C=O) groups is 1. The van der Waals surface area contributed by atoms with Crippen molar-refractivity contribution in [2.24, 2.45) is 0 Å². The summed E-state index contributed by atoms with van der Waals surface area (Å²) < 4.78 is 10.8. The molecule has 6 nitrogen and oxygen atoms in total. The van der Waals surface area contributed by atoms with Gasteiger partial charge in [-0.2, -0.15) is 5.26 Å². The Morgan fingerprint density at radius 3 is 2.56 bits per heavy atom. The number of ether oxygens (including phenoxy) is 2. The topological polar surface area (TPSA) is 82.8 Å². The summed E-state index contributed by atoms with van der Waals surface area (Å²) in [6.07, 6.45) is 1.37. The summed E-state index contributed by atoms with van der Waals surface area (Å²) in [5, 5.41) is 19.5. The fraction of sp³-hybridized carbons (Fsp3) is 0.619. The Kier molecular flexibility index (Phi) is 7.09. The Hall–Kier alpha value is -2.26. The summed E-state index contributed by atoms with van der Waals surface area (Å²) in [6.45, 7) is 5.92. The number of piperidine rings is 1.